The number of benzene rings is 4. The topological polar surface area (TPSA) is 168 Å². The van der Waals surface area contributed by atoms with E-state index in [9.17, 15) is 23.3 Å². The van der Waals surface area contributed by atoms with E-state index in [1.165, 1.54) is 41.5 Å². The van der Waals surface area contributed by atoms with Gasteiger partial charge < -0.3 is 29.4 Å². The minimum Gasteiger partial charge on any atom is -0.453 e. The highest BCUT2D eigenvalue weighted by molar-refractivity contribution is 7.90. The molecule has 3 aliphatic rings. The lowest BCUT2D eigenvalue weighted by Crippen LogP contribution is -2.47. The number of ether oxygens (including phenoxy) is 3. The number of nitro groups is 1. The summed E-state index contributed by atoms with van der Waals surface area (Å²) >= 11 is 6.21. The summed E-state index contributed by atoms with van der Waals surface area (Å²) < 4.78 is 62.6. The third kappa shape index (κ3) is 9.90. The summed E-state index contributed by atoms with van der Waals surface area (Å²) in [7, 11) is -4.63. The van der Waals surface area contributed by atoms with E-state index in [0.717, 1.165) is 37.4 Å². The van der Waals surface area contributed by atoms with Gasteiger partial charge >= 0.3 is 0 Å². The minimum atomic E-state index is -4.63. The van der Waals surface area contributed by atoms with E-state index >= 15 is 4.39 Å². The molecule has 0 atom stereocenters. The van der Waals surface area contributed by atoms with Gasteiger partial charge in [-0.25, -0.2) is 17.5 Å². The molecular formula is C45H48ClFN6O8S. The molecule has 17 heteroatoms. The number of H-pyrrole nitrogens is 1. The summed E-state index contributed by atoms with van der Waals surface area (Å²) in [5.74, 6) is -1.76. The summed E-state index contributed by atoms with van der Waals surface area (Å²) in [5.41, 5.74) is 4.06. The molecule has 0 spiro atoms. The van der Waals surface area contributed by atoms with E-state index in [1.807, 2.05) is 16.9 Å². The van der Waals surface area contributed by atoms with Crippen LogP contribution in [0.3, 0.4) is 0 Å². The van der Waals surface area contributed by atoms with Gasteiger partial charge in [0.25, 0.3) is 21.6 Å². The third-order valence-corrected chi connectivity index (χ3v) is 13.3. The Hall–Kier alpha value is -5.52. The Balaban J connectivity index is 1.02. The van der Waals surface area contributed by atoms with Crippen LogP contribution in [0.5, 0.6) is 11.5 Å². The third-order valence-electron chi connectivity index (χ3n) is 11.7. The molecule has 4 heterocycles. The SMILES string of the molecule is CC1(C)CC(c2ccc(Cl)cc2)=C(CN2CCN(c3ccc(C(=O)NS(=O)(=O)c4ccc(NCC5CCOCC5)c([N+](=O)[O-])c4)c(Oc4cc5cc[nH]c5cc4F)c3)CC2)CO1. The second kappa shape index (κ2) is 18.1. The van der Waals surface area contributed by atoms with E-state index in [2.05, 4.69) is 46.1 Å². The molecule has 1 amide bonds. The van der Waals surface area contributed by atoms with E-state index in [0.29, 0.717) is 74.2 Å². The molecule has 0 bridgehead atoms. The molecular weight excluding hydrogens is 839 g/mol. The normalized spacial score (nSPS) is 17.6. The van der Waals surface area contributed by atoms with Crippen molar-refractivity contribution in [2.45, 2.75) is 43.6 Å². The largest absolute Gasteiger partial charge is 0.453 e. The van der Waals surface area contributed by atoms with Crippen LogP contribution in [0.25, 0.3) is 16.5 Å². The highest BCUT2D eigenvalue weighted by atomic mass is 35.5. The van der Waals surface area contributed by atoms with Gasteiger partial charge in [0.15, 0.2) is 11.6 Å². The maximum Gasteiger partial charge on any atom is 0.293 e. The number of aromatic amines is 1. The van der Waals surface area contributed by atoms with Crippen LogP contribution >= 0.6 is 11.6 Å². The number of rotatable bonds is 13. The van der Waals surface area contributed by atoms with E-state index in [4.69, 9.17) is 25.8 Å². The maximum atomic E-state index is 15.4. The highest BCUT2D eigenvalue weighted by Crippen LogP contribution is 2.38. The Morgan fingerprint density at radius 2 is 1.76 bits per heavy atom. The number of fused-ring (bicyclic) bond motifs is 1. The number of carbonyl (C=O) groups is 1. The van der Waals surface area contributed by atoms with Crippen LogP contribution in [0.4, 0.5) is 21.5 Å². The van der Waals surface area contributed by atoms with Crippen molar-refractivity contribution < 1.29 is 36.7 Å². The van der Waals surface area contributed by atoms with Crippen LogP contribution in [0.2, 0.25) is 5.02 Å². The Morgan fingerprint density at radius 3 is 2.50 bits per heavy atom. The fourth-order valence-electron chi connectivity index (χ4n) is 8.15. The summed E-state index contributed by atoms with van der Waals surface area (Å²) in [6.45, 7) is 9.78. The molecule has 14 nitrogen and oxygen atoms in total. The minimum absolute atomic E-state index is 0.0789. The van der Waals surface area contributed by atoms with Crippen LogP contribution in [0.15, 0.2) is 95.5 Å². The fourth-order valence-corrected chi connectivity index (χ4v) is 9.27. The number of halogens is 2. The average molecular weight is 887 g/mol. The first-order valence-electron chi connectivity index (χ1n) is 20.6. The molecule has 0 aliphatic carbocycles. The summed E-state index contributed by atoms with van der Waals surface area (Å²) in [5, 5.41) is 16.5. The van der Waals surface area contributed by atoms with Crippen molar-refractivity contribution in [3.8, 4) is 11.5 Å². The van der Waals surface area contributed by atoms with Gasteiger partial charge in [-0.15, -0.1) is 0 Å². The Labute approximate surface area is 364 Å². The van der Waals surface area contributed by atoms with E-state index in [1.54, 1.807) is 24.4 Å². The molecule has 2 saturated heterocycles. The number of anilines is 2. The zero-order valence-corrected chi connectivity index (χ0v) is 36.0. The van der Waals surface area contributed by atoms with Crippen molar-refractivity contribution in [3.63, 3.8) is 0 Å². The molecule has 2 fully saturated rings. The number of nitro benzene ring substituents is 1. The molecule has 0 unspecified atom stereocenters. The number of nitrogens with zero attached hydrogens (tertiary/aromatic N) is 3. The zero-order chi connectivity index (χ0) is 43.6. The van der Waals surface area contributed by atoms with Crippen molar-refractivity contribution in [2.24, 2.45) is 5.92 Å². The van der Waals surface area contributed by atoms with Gasteiger partial charge in [0, 0.05) is 105 Å². The van der Waals surface area contributed by atoms with Crippen molar-refractivity contribution >= 4 is 61.1 Å². The molecule has 326 valence electrons. The van der Waals surface area contributed by atoms with Crippen LogP contribution in [0.1, 0.15) is 49.0 Å². The molecule has 0 saturated carbocycles. The van der Waals surface area contributed by atoms with Gasteiger partial charge in [-0.05, 0) is 97.8 Å². The van der Waals surface area contributed by atoms with Gasteiger partial charge in [0.05, 0.1) is 27.6 Å². The van der Waals surface area contributed by atoms with Crippen molar-refractivity contribution in [1.29, 1.82) is 0 Å². The lowest BCUT2D eigenvalue weighted by Gasteiger charge is -2.39. The fraction of sp³-hybridized carbons (Fsp3) is 0.356. The van der Waals surface area contributed by atoms with Gasteiger partial charge in [0.2, 0.25) is 0 Å². The number of nitrogens with one attached hydrogen (secondary N) is 3. The quantitative estimate of drug-likeness (QED) is 0.0767. The molecule has 3 aliphatic heterocycles. The maximum absolute atomic E-state index is 15.4. The monoisotopic (exact) mass is 886 g/mol. The van der Waals surface area contributed by atoms with Gasteiger partial charge in [-0.2, -0.15) is 0 Å². The first kappa shape index (κ1) is 43.1. The number of hydrogen-bond donors (Lipinski definition) is 3. The second-order valence-electron chi connectivity index (χ2n) is 16.5. The van der Waals surface area contributed by atoms with E-state index < -0.39 is 37.3 Å². The van der Waals surface area contributed by atoms with Crippen molar-refractivity contribution in [2.75, 3.05) is 69.3 Å². The number of aromatic nitrogens is 1. The first-order valence-corrected chi connectivity index (χ1v) is 22.4. The number of amides is 1. The van der Waals surface area contributed by atoms with Gasteiger partial charge in [-0.3, -0.25) is 19.8 Å². The standard InChI is InChI=1S/C45H48ClFN6O8S/c1-45(2)25-37(30-3-5-33(46)6-4-30)32(28-60-45)27-51-15-17-52(18-16-51)34-7-9-36(42(22-34)61-43-21-31-11-14-48-40(31)24-38(43)47)44(54)50-62(57,58)35-8-10-39(41(23-35)53(55)56)49-26-29-12-19-59-20-13-29/h3-11,14,21-24,29,48-49H,12-13,15-20,25-28H2,1-2H3,(H,50,54). The smallest absolute Gasteiger partial charge is 0.293 e. The van der Waals surface area contributed by atoms with Crippen LogP contribution in [-0.2, 0) is 19.5 Å². The number of carbonyl (C=O) groups excluding carboxylic acids is 1. The second-order valence-corrected chi connectivity index (χ2v) is 18.6. The zero-order valence-electron chi connectivity index (χ0n) is 34.4. The molecule has 3 N–H and O–H groups in total. The molecule has 8 rings (SSSR count). The molecule has 4 aromatic carbocycles. The lowest BCUT2D eigenvalue weighted by atomic mass is 9.87. The summed E-state index contributed by atoms with van der Waals surface area (Å²) in [6.07, 6.45) is 4.04. The summed E-state index contributed by atoms with van der Waals surface area (Å²) in [4.78, 5) is 32.3. The Morgan fingerprint density at radius 1 is 1.00 bits per heavy atom. The Bertz CT molecular complexity index is 2620. The predicted molar refractivity (Wildman–Crippen MR) is 236 cm³/mol. The molecule has 5 aromatic rings. The first-order chi connectivity index (χ1) is 29.7. The van der Waals surface area contributed by atoms with Crippen LogP contribution < -0.4 is 19.7 Å². The number of hydrogen-bond acceptors (Lipinski definition) is 11. The van der Waals surface area contributed by atoms with E-state index in [-0.39, 0.29) is 34.3 Å². The lowest BCUT2D eigenvalue weighted by molar-refractivity contribution is -0.384. The average Bonchev–Trinajstić information content (AvgIpc) is 3.71. The molecule has 62 heavy (non-hydrogen) atoms. The van der Waals surface area contributed by atoms with Crippen molar-refractivity contribution in [1.82, 2.24) is 14.6 Å². The van der Waals surface area contributed by atoms with Crippen LogP contribution in [-0.4, -0.2) is 93.8 Å². The van der Waals surface area contributed by atoms with Crippen LogP contribution in [0, 0.1) is 21.8 Å². The highest BCUT2D eigenvalue weighted by Gasteiger charge is 2.31. The number of piperazine rings is 1. The number of sulfonamides is 1. The van der Waals surface area contributed by atoms with Gasteiger partial charge in [-0.1, -0.05) is 23.7 Å². The Kier molecular flexibility index (Phi) is 12.6. The molecule has 1 aromatic heterocycles. The summed E-state index contributed by atoms with van der Waals surface area (Å²) in [6, 6.07) is 20.6. The molecule has 0 radical (unpaired) electrons. The van der Waals surface area contributed by atoms with Crippen molar-refractivity contribution in [3.05, 3.63) is 123 Å². The predicted octanol–water partition coefficient (Wildman–Crippen LogP) is 8.39. The van der Waals surface area contributed by atoms with Gasteiger partial charge in [0.1, 0.15) is 11.4 Å².